The molecule has 0 spiro atoms. The number of hydrazine groups is 1. The van der Waals surface area contributed by atoms with Crippen molar-refractivity contribution in [3.05, 3.63) is 59.9 Å². The molecule has 0 saturated heterocycles. The molecule has 0 aliphatic rings. The van der Waals surface area contributed by atoms with Crippen LogP contribution in [0.5, 0.6) is 5.75 Å². The molecule has 0 fully saturated rings. The van der Waals surface area contributed by atoms with Crippen LogP contribution in [0.25, 0.3) is 0 Å². The van der Waals surface area contributed by atoms with E-state index in [0.717, 1.165) is 24.2 Å². The zero-order valence-electron chi connectivity index (χ0n) is 11.0. The van der Waals surface area contributed by atoms with E-state index >= 15 is 0 Å². The number of hydrogen-bond acceptors (Lipinski definition) is 4. The first kappa shape index (κ1) is 13.5. The number of aryl methyl sites for hydroxylation is 1. The van der Waals surface area contributed by atoms with Crippen molar-refractivity contribution in [2.24, 2.45) is 5.84 Å². The zero-order valence-corrected chi connectivity index (χ0v) is 11.0. The van der Waals surface area contributed by atoms with Crippen LogP contribution in [0.1, 0.15) is 23.6 Å². The molecule has 0 saturated carbocycles. The van der Waals surface area contributed by atoms with Gasteiger partial charge in [0.1, 0.15) is 5.75 Å². The maximum Gasteiger partial charge on any atom is 0.118 e. The molecular weight excluding hydrogens is 238 g/mol. The molecule has 4 heteroatoms. The van der Waals surface area contributed by atoms with Gasteiger partial charge in [0.05, 0.1) is 7.11 Å². The second-order valence-electron chi connectivity index (χ2n) is 4.39. The number of hydrogen-bond donors (Lipinski definition) is 2. The first-order valence-corrected chi connectivity index (χ1v) is 6.32. The molecule has 2 rings (SSSR count). The van der Waals surface area contributed by atoms with Crippen molar-refractivity contribution in [3.63, 3.8) is 0 Å². The molecule has 0 aliphatic heterocycles. The predicted octanol–water partition coefficient (Wildman–Crippen LogP) is 2.23. The number of ether oxygens (including phenoxy) is 1. The second kappa shape index (κ2) is 6.87. The van der Waals surface area contributed by atoms with Gasteiger partial charge in [-0.2, -0.15) is 0 Å². The van der Waals surface area contributed by atoms with Gasteiger partial charge in [-0.15, -0.1) is 0 Å². The van der Waals surface area contributed by atoms with E-state index in [0.29, 0.717) is 0 Å². The Morgan fingerprint density at radius 2 is 1.84 bits per heavy atom. The number of nitrogens with two attached hydrogens (primary N) is 1. The minimum absolute atomic E-state index is 0.144. The largest absolute Gasteiger partial charge is 0.497 e. The highest BCUT2D eigenvalue weighted by atomic mass is 16.5. The Morgan fingerprint density at radius 1 is 1.16 bits per heavy atom. The number of methoxy groups -OCH3 is 1. The lowest BCUT2D eigenvalue weighted by atomic mass is 10.0. The van der Waals surface area contributed by atoms with E-state index in [4.69, 9.17) is 10.6 Å². The van der Waals surface area contributed by atoms with Gasteiger partial charge in [-0.05, 0) is 48.2 Å². The summed E-state index contributed by atoms with van der Waals surface area (Å²) in [5.41, 5.74) is 5.29. The van der Waals surface area contributed by atoms with Crippen LogP contribution >= 0.6 is 0 Å². The third-order valence-electron chi connectivity index (χ3n) is 3.19. The summed E-state index contributed by atoms with van der Waals surface area (Å²) in [5, 5.41) is 0. The lowest BCUT2D eigenvalue weighted by Crippen LogP contribution is -2.28. The molecule has 1 unspecified atom stereocenters. The fourth-order valence-corrected chi connectivity index (χ4v) is 2.05. The first-order valence-electron chi connectivity index (χ1n) is 6.32. The van der Waals surface area contributed by atoms with Crippen molar-refractivity contribution >= 4 is 0 Å². The van der Waals surface area contributed by atoms with Gasteiger partial charge in [-0.1, -0.05) is 12.1 Å². The third-order valence-corrected chi connectivity index (χ3v) is 3.19. The van der Waals surface area contributed by atoms with Crippen LogP contribution in [0, 0.1) is 0 Å². The highest BCUT2D eigenvalue weighted by molar-refractivity contribution is 5.27. The van der Waals surface area contributed by atoms with Gasteiger partial charge in [0.15, 0.2) is 0 Å². The van der Waals surface area contributed by atoms with Crippen LogP contribution in [0.4, 0.5) is 0 Å². The maximum atomic E-state index is 5.62. The number of aromatic nitrogens is 1. The highest BCUT2D eigenvalue weighted by Crippen LogP contribution is 2.19. The number of pyridine rings is 1. The Labute approximate surface area is 113 Å². The van der Waals surface area contributed by atoms with E-state index in [9.17, 15) is 0 Å². The molecule has 19 heavy (non-hydrogen) atoms. The number of benzene rings is 1. The van der Waals surface area contributed by atoms with Crippen LogP contribution in [-0.2, 0) is 6.42 Å². The van der Waals surface area contributed by atoms with Crippen LogP contribution in [0.3, 0.4) is 0 Å². The topological polar surface area (TPSA) is 60.2 Å². The predicted molar refractivity (Wildman–Crippen MR) is 75.6 cm³/mol. The Morgan fingerprint density at radius 3 is 2.42 bits per heavy atom. The summed E-state index contributed by atoms with van der Waals surface area (Å²) in [5.74, 6) is 6.51. The molecule has 2 aromatic rings. The number of rotatable bonds is 6. The third kappa shape index (κ3) is 3.77. The zero-order chi connectivity index (χ0) is 13.5. The minimum atomic E-state index is 0.144. The Balaban J connectivity index is 1.96. The monoisotopic (exact) mass is 257 g/mol. The quantitative estimate of drug-likeness (QED) is 0.615. The van der Waals surface area contributed by atoms with Crippen molar-refractivity contribution in [3.8, 4) is 5.75 Å². The SMILES string of the molecule is COc1ccc(CCC(NN)c2ccncc2)cc1. The van der Waals surface area contributed by atoms with Gasteiger partial charge in [0.2, 0.25) is 0 Å². The smallest absolute Gasteiger partial charge is 0.118 e. The molecule has 0 radical (unpaired) electrons. The van der Waals surface area contributed by atoms with Gasteiger partial charge in [-0.3, -0.25) is 16.3 Å². The molecular formula is C15H19N3O. The standard InChI is InChI=1S/C15H19N3O/c1-19-14-5-2-12(3-6-14)4-7-15(18-16)13-8-10-17-11-9-13/h2-3,5-6,8-11,15,18H,4,7,16H2,1H3. The average Bonchev–Trinajstić information content (AvgIpc) is 2.49. The van der Waals surface area contributed by atoms with Crippen molar-refractivity contribution in [2.45, 2.75) is 18.9 Å². The summed E-state index contributed by atoms with van der Waals surface area (Å²) < 4.78 is 5.15. The van der Waals surface area contributed by atoms with Crippen LogP contribution < -0.4 is 16.0 Å². The Bertz CT molecular complexity index is 485. The summed E-state index contributed by atoms with van der Waals surface area (Å²) in [6, 6.07) is 12.2. The van der Waals surface area contributed by atoms with Crippen LogP contribution in [0.2, 0.25) is 0 Å². The summed E-state index contributed by atoms with van der Waals surface area (Å²) in [7, 11) is 1.67. The van der Waals surface area contributed by atoms with E-state index < -0.39 is 0 Å². The van der Waals surface area contributed by atoms with E-state index in [1.54, 1.807) is 19.5 Å². The summed E-state index contributed by atoms with van der Waals surface area (Å²) in [6.45, 7) is 0. The Kier molecular flexibility index (Phi) is 4.89. The normalized spacial score (nSPS) is 12.1. The lowest BCUT2D eigenvalue weighted by Gasteiger charge is -2.16. The lowest BCUT2D eigenvalue weighted by molar-refractivity contribution is 0.414. The van der Waals surface area contributed by atoms with Gasteiger partial charge in [0.25, 0.3) is 0 Å². The van der Waals surface area contributed by atoms with Crippen molar-refractivity contribution < 1.29 is 4.74 Å². The molecule has 1 aromatic carbocycles. The Hall–Kier alpha value is -1.91. The van der Waals surface area contributed by atoms with Gasteiger partial charge in [-0.25, -0.2) is 0 Å². The molecule has 1 heterocycles. The molecule has 0 bridgehead atoms. The minimum Gasteiger partial charge on any atom is -0.497 e. The molecule has 100 valence electrons. The second-order valence-corrected chi connectivity index (χ2v) is 4.39. The number of nitrogens with zero attached hydrogens (tertiary/aromatic N) is 1. The molecule has 4 nitrogen and oxygen atoms in total. The summed E-state index contributed by atoms with van der Waals surface area (Å²) in [4.78, 5) is 4.02. The average molecular weight is 257 g/mol. The fourth-order valence-electron chi connectivity index (χ4n) is 2.05. The van der Waals surface area contributed by atoms with Crippen molar-refractivity contribution in [2.75, 3.05) is 7.11 Å². The van der Waals surface area contributed by atoms with E-state index in [-0.39, 0.29) is 6.04 Å². The van der Waals surface area contributed by atoms with Crippen molar-refractivity contribution in [1.82, 2.24) is 10.4 Å². The van der Waals surface area contributed by atoms with Crippen LogP contribution in [-0.4, -0.2) is 12.1 Å². The summed E-state index contributed by atoms with van der Waals surface area (Å²) >= 11 is 0. The fraction of sp³-hybridized carbons (Fsp3) is 0.267. The van der Waals surface area contributed by atoms with Crippen molar-refractivity contribution in [1.29, 1.82) is 0 Å². The van der Waals surface area contributed by atoms with Gasteiger partial charge >= 0.3 is 0 Å². The van der Waals surface area contributed by atoms with Crippen LogP contribution in [0.15, 0.2) is 48.8 Å². The molecule has 0 amide bonds. The number of nitrogens with one attached hydrogen (secondary N) is 1. The molecule has 1 aromatic heterocycles. The molecule has 0 aliphatic carbocycles. The highest BCUT2D eigenvalue weighted by Gasteiger charge is 2.09. The molecule has 3 N–H and O–H groups in total. The van der Waals surface area contributed by atoms with E-state index in [2.05, 4.69) is 22.5 Å². The van der Waals surface area contributed by atoms with Gasteiger partial charge in [0, 0.05) is 18.4 Å². The summed E-state index contributed by atoms with van der Waals surface area (Å²) in [6.07, 6.45) is 5.47. The molecule has 1 atom stereocenters. The van der Waals surface area contributed by atoms with E-state index in [1.165, 1.54) is 5.56 Å². The maximum absolute atomic E-state index is 5.62. The first-order chi connectivity index (χ1) is 9.33. The van der Waals surface area contributed by atoms with E-state index in [1.807, 2.05) is 24.3 Å². The van der Waals surface area contributed by atoms with Gasteiger partial charge < -0.3 is 4.74 Å².